The molecule has 0 spiro atoms. The fraction of sp³-hybridized carbons (Fsp3) is 0.438. The average molecular weight is 306 g/mol. The van der Waals surface area contributed by atoms with E-state index in [0.29, 0.717) is 18.4 Å². The van der Waals surface area contributed by atoms with Gasteiger partial charge in [0, 0.05) is 36.5 Å². The van der Waals surface area contributed by atoms with E-state index in [-0.39, 0.29) is 0 Å². The fourth-order valence-electron chi connectivity index (χ4n) is 3.33. The van der Waals surface area contributed by atoms with Crippen molar-refractivity contribution in [3.05, 3.63) is 52.1 Å². The number of benzene rings is 1. The smallest absolute Gasteiger partial charge is 0.180 e. The predicted octanol–water partition coefficient (Wildman–Crippen LogP) is 4.36. The molecule has 0 radical (unpaired) electrons. The molecule has 1 saturated carbocycles. The molecule has 2 aliphatic rings. The van der Waals surface area contributed by atoms with E-state index >= 15 is 0 Å². The lowest BCUT2D eigenvalue weighted by atomic mass is 9.96. The van der Waals surface area contributed by atoms with Gasteiger partial charge in [-0.15, -0.1) is 0 Å². The highest BCUT2D eigenvalue weighted by atomic mass is 32.1. The topological polar surface area (TPSA) is 9.86 Å². The van der Waals surface area contributed by atoms with E-state index in [4.69, 9.17) is 12.2 Å². The summed E-state index contributed by atoms with van der Waals surface area (Å²) < 4.78 is 31.9. The highest BCUT2D eigenvalue weighted by Crippen LogP contribution is 2.39. The van der Waals surface area contributed by atoms with Crippen molar-refractivity contribution >= 4 is 12.2 Å². The van der Waals surface area contributed by atoms with Crippen LogP contribution in [0.25, 0.3) is 0 Å². The highest BCUT2D eigenvalue weighted by Gasteiger charge is 2.30. The lowest BCUT2D eigenvalue weighted by Gasteiger charge is -2.09. The van der Waals surface area contributed by atoms with Crippen molar-refractivity contribution in [3.8, 4) is 0 Å². The minimum absolute atomic E-state index is 0.299. The maximum absolute atomic E-state index is 13.3. The Balaban J connectivity index is 1.64. The van der Waals surface area contributed by atoms with Crippen LogP contribution in [0.2, 0.25) is 0 Å². The molecule has 1 fully saturated rings. The van der Waals surface area contributed by atoms with Crippen molar-refractivity contribution in [1.29, 1.82) is 0 Å². The van der Waals surface area contributed by atoms with E-state index in [2.05, 4.69) is 15.3 Å². The van der Waals surface area contributed by atoms with Crippen LogP contribution in [0.1, 0.15) is 42.5 Å². The Bertz CT molecular complexity index is 738. The van der Waals surface area contributed by atoms with Crippen LogP contribution in [0.3, 0.4) is 0 Å². The monoisotopic (exact) mass is 306 g/mol. The van der Waals surface area contributed by atoms with Crippen molar-refractivity contribution in [3.63, 3.8) is 0 Å². The summed E-state index contributed by atoms with van der Waals surface area (Å²) in [5.41, 5.74) is 1.94. The van der Waals surface area contributed by atoms with Gasteiger partial charge >= 0.3 is 0 Å². The number of rotatable bonds is 3. The Hall–Kier alpha value is -1.49. The number of nitrogens with zero attached hydrogens (tertiary/aromatic N) is 2. The summed E-state index contributed by atoms with van der Waals surface area (Å²) in [5.74, 6) is -0.710. The molecule has 4 rings (SSSR count). The van der Waals surface area contributed by atoms with Crippen molar-refractivity contribution in [2.45, 2.75) is 44.2 Å². The predicted molar refractivity (Wildman–Crippen MR) is 78.9 cm³/mol. The molecule has 2 heterocycles. The van der Waals surface area contributed by atoms with E-state index < -0.39 is 11.6 Å². The Kier molecular flexibility index (Phi) is 2.99. The molecule has 0 N–H and O–H groups in total. The third kappa shape index (κ3) is 2.33. The van der Waals surface area contributed by atoms with Crippen LogP contribution in [-0.4, -0.2) is 9.13 Å². The first-order valence-electron chi connectivity index (χ1n) is 7.38. The number of hydrogen-bond acceptors (Lipinski definition) is 1. The molecule has 1 unspecified atom stereocenters. The molecule has 1 atom stereocenters. The molecular weight excluding hydrogens is 290 g/mol. The maximum atomic E-state index is 13.3. The van der Waals surface area contributed by atoms with Crippen LogP contribution in [0, 0.1) is 16.4 Å². The van der Waals surface area contributed by atoms with E-state index in [0.717, 1.165) is 29.4 Å². The second-order valence-electron chi connectivity index (χ2n) is 6.09. The summed E-state index contributed by atoms with van der Waals surface area (Å²) in [6, 6.07) is 4.35. The van der Waals surface area contributed by atoms with Gasteiger partial charge in [0.05, 0.1) is 0 Å². The van der Waals surface area contributed by atoms with E-state index in [9.17, 15) is 8.78 Å². The zero-order chi connectivity index (χ0) is 14.6. The SMILES string of the molecule is Fc1cc(F)cc(CC2CCn3c2cn(C2CC2)c3=S)c1. The van der Waals surface area contributed by atoms with Gasteiger partial charge in [-0.2, -0.15) is 0 Å². The summed E-state index contributed by atoms with van der Waals surface area (Å²) >= 11 is 5.53. The van der Waals surface area contributed by atoms with Gasteiger partial charge in [-0.05, 0) is 55.6 Å². The molecule has 1 aliphatic heterocycles. The molecule has 1 aromatic heterocycles. The van der Waals surface area contributed by atoms with Crippen LogP contribution in [0.5, 0.6) is 0 Å². The van der Waals surface area contributed by atoms with Crippen molar-refractivity contribution < 1.29 is 8.78 Å². The fourth-order valence-corrected chi connectivity index (χ4v) is 3.73. The van der Waals surface area contributed by atoms with Crippen LogP contribution in [-0.2, 0) is 13.0 Å². The number of aromatic nitrogens is 2. The van der Waals surface area contributed by atoms with Crippen molar-refractivity contribution in [1.82, 2.24) is 9.13 Å². The first-order chi connectivity index (χ1) is 10.1. The van der Waals surface area contributed by atoms with Crippen LogP contribution in [0.4, 0.5) is 8.78 Å². The second kappa shape index (κ2) is 4.77. The molecule has 1 aliphatic carbocycles. The van der Waals surface area contributed by atoms with Crippen LogP contribution >= 0.6 is 12.2 Å². The minimum Gasteiger partial charge on any atom is -0.321 e. The largest absolute Gasteiger partial charge is 0.321 e. The zero-order valence-electron chi connectivity index (χ0n) is 11.6. The maximum Gasteiger partial charge on any atom is 0.180 e. The normalized spacial score (nSPS) is 20.8. The third-order valence-electron chi connectivity index (χ3n) is 4.50. The number of imidazole rings is 1. The van der Waals surface area contributed by atoms with Gasteiger partial charge in [0.15, 0.2) is 4.77 Å². The Morgan fingerprint density at radius 2 is 1.81 bits per heavy atom. The standard InChI is InChI=1S/C16H16F2N2S/c17-12-6-10(7-13(18)8-12)5-11-3-4-19-15(11)9-20(16(19)21)14-1-2-14/h6-9,11,14H,1-5H2. The van der Waals surface area contributed by atoms with E-state index in [1.54, 1.807) is 0 Å². The lowest BCUT2D eigenvalue weighted by Crippen LogP contribution is -2.00. The summed E-state index contributed by atoms with van der Waals surface area (Å²) in [4.78, 5) is 0. The summed E-state index contributed by atoms with van der Waals surface area (Å²) in [6.07, 6.45) is 6.23. The van der Waals surface area contributed by atoms with E-state index in [1.807, 2.05) is 0 Å². The first kappa shape index (κ1) is 13.2. The molecule has 110 valence electrons. The molecular formula is C16H16F2N2S. The second-order valence-corrected chi connectivity index (χ2v) is 6.46. The number of fused-ring (bicyclic) bond motifs is 1. The summed E-state index contributed by atoms with van der Waals surface area (Å²) in [7, 11) is 0. The quantitative estimate of drug-likeness (QED) is 0.766. The first-order valence-corrected chi connectivity index (χ1v) is 7.79. The van der Waals surface area contributed by atoms with Crippen LogP contribution < -0.4 is 0 Å². The van der Waals surface area contributed by atoms with Gasteiger partial charge in [-0.1, -0.05) is 0 Å². The Morgan fingerprint density at radius 1 is 1.10 bits per heavy atom. The molecule has 0 bridgehead atoms. The summed E-state index contributed by atoms with van der Waals surface area (Å²) in [5, 5.41) is 0. The van der Waals surface area contributed by atoms with Gasteiger partial charge in [0.1, 0.15) is 11.6 Å². The van der Waals surface area contributed by atoms with Gasteiger partial charge in [0.25, 0.3) is 0 Å². The molecule has 0 amide bonds. The highest BCUT2D eigenvalue weighted by molar-refractivity contribution is 7.71. The Morgan fingerprint density at radius 3 is 2.48 bits per heavy atom. The minimum atomic E-state index is -0.504. The third-order valence-corrected chi connectivity index (χ3v) is 4.93. The van der Waals surface area contributed by atoms with Crippen molar-refractivity contribution in [2.75, 3.05) is 0 Å². The zero-order valence-corrected chi connectivity index (χ0v) is 12.4. The van der Waals surface area contributed by atoms with Crippen LogP contribution in [0.15, 0.2) is 24.4 Å². The molecule has 1 aromatic carbocycles. The lowest BCUT2D eigenvalue weighted by molar-refractivity contribution is 0.573. The molecule has 0 saturated heterocycles. The Labute approximate surface area is 127 Å². The van der Waals surface area contributed by atoms with Crippen molar-refractivity contribution in [2.24, 2.45) is 0 Å². The van der Waals surface area contributed by atoms with Gasteiger partial charge in [-0.25, -0.2) is 8.78 Å². The molecule has 2 nitrogen and oxygen atoms in total. The van der Waals surface area contributed by atoms with Gasteiger partial charge in [0.2, 0.25) is 0 Å². The van der Waals surface area contributed by atoms with Gasteiger partial charge < -0.3 is 9.13 Å². The van der Waals surface area contributed by atoms with E-state index in [1.165, 1.54) is 30.7 Å². The average Bonchev–Trinajstić information content (AvgIpc) is 3.10. The summed E-state index contributed by atoms with van der Waals surface area (Å²) in [6.45, 7) is 0.913. The molecule has 2 aromatic rings. The number of hydrogen-bond donors (Lipinski definition) is 0. The van der Waals surface area contributed by atoms with Gasteiger partial charge in [-0.3, -0.25) is 0 Å². The number of halogens is 2. The molecule has 5 heteroatoms. The molecule has 21 heavy (non-hydrogen) atoms.